The number of aliphatic hydroxyl groups excluding tert-OH is 2. The first-order chi connectivity index (χ1) is 17.2. The summed E-state index contributed by atoms with van der Waals surface area (Å²) in [6.07, 6.45) is 27.7. The third-order valence-corrected chi connectivity index (χ3v) is 6.86. The Labute approximate surface area is 218 Å². The van der Waals surface area contributed by atoms with Crippen molar-refractivity contribution in [1.82, 2.24) is 5.32 Å². The molecule has 35 heavy (non-hydrogen) atoms. The van der Waals surface area contributed by atoms with Crippen molar-refractivity contribution in [3.8, 4) is 0 Å². The molecule has 1 amide bonds. The molecule has 0 radical (unpaired) electrons. The number of carbonyl (C=O) groups excluding carboxylic acids is 1. The molecule has 5 heteroatoms. The Kier molecular flexibility index (Phi) is 29.0. The van der Waals surface area contributed by atoms with E-state index in [1.165, 1.54) is 103 Å². The molecule has 0 fully saturated rings. The number of nitrogens with one attached hydrogen (secondary N) is 1. The summed E-state index contributed by atoms with van der Waals surface area (Å²) in [5, 5.41) is 21.5. The zero-order chi connectivity index (χ0) is 25.7. The van der Waals surface area contributed by atoms with Crippen LogP contribution in [0.4, 0.5) is 0 Å². The standard InChI is InChI=1S/C30H61NO4/c1-2-3-4-5-6-10-13-16-19-22-29(33)24-28-35-27-21-18-15-12-9-7-8-11-14-17-20-23-30(34)31-25-26-32/h29,32-33H,2-28H2,1H3,(H,31,34)/t29-/m1/s1. The van der Waals surface area contributed by atoms with E-state index in [-0.39, 0.29) is 18.6 Å². The molecule has 0 rings (SSSR count). The quantitative estimate of drug-likeness (QED) is 0.0933. The van der Waals surface area contributed by atoms with Crippen molar-refractivity contribution in [3.05, 3.63) is 0 Å². The Morgan fingerprint density at radius 2 is 1.14 bits per heavy atom. The molecule has 1 atom stereocenters. The van der Waals surface area contributed by atoms with Gasteiger partial charge >= 0.3 is 0 Å². The molecule has 0 heterocycles. The number of ether oxygens (including phenoxy) is 1. The van der Waals surface area contributed by atoms with E-state index in [0.29, 0.717) is 19.6 Å². The molecule has 0 saturated heterocycles. The summed E-state index contributed by atoms with van der Waals surface area (Å²) in [6, 6.07) is 0. The van der Waals surface area contributed by atoms with Crippen LogP contribution >= 0.6 is 0 Å². The lowest BCUT2D eigenvalue weighted by molar-refractivity contribution is -0.121. The topological polar surface area (TPSA) is 78.8 Å². The summed E-state index contributed by atoms with van der Waals surface area (Å²) < 4.78 is 5.73. The van der Waals surface area contributed by atoms with E-state index < -0.39 is 0 Å². The number of hydrogen-bond acceptors (Lipinski definition) is 4. The minimum Gasteiger partial charge on any atom is -0.395 e. The molecular formula is C30H61NO4. The Morgan fingerprint density at radius 3 is 1.69 bits per heavy atom. The lowest BCUT2D eigenvalue weighted by Crippen LogP contribution is -2.25. The molecule has 0 aromatic heterocycles. The van der Waals surface area contributed by atoms with Crippen molar-refractivity contribution >= 4 is 5.91 Å². The number of aliphatic hydroxyl groups is 2. The highest BCUT2D eigenvalue weighted by atomic mass is 16.5. The van der Waals surface area contributed by atoms with Crippen molar-refractivity contribution < 1.29 is 19.7 Å². The van der Waals surface area contributed by atoms with Crippen molar-refractivity contribution in [3.63, 3.8) is 0 Å². The summed E-state index contributed by atoms with van der Waals surface area (Å²) >= 11 is 0. The highest BCUT2D eigenvalue weighted by Gasteiger charge is 2.04. The summed E-state index contributed by atoms with van der Waals surface area (Å²) in [5.41, 5.74) is 0. The van der Waals surface area contributed by atoms with Crippen molar-refractivity contribution in [1.29, 1.82) is 0 Å². The molecule has 0 aliphatic heterocycles. The van der Waals surface area contributed by atoms with Gasteiger partial charge in [-0.15, -0.1) is 0 Å². The molecule has 0 unspecified atom stereocenters. The Balaban J connectivity index is 3.16. The Morgan fingerprint density at radius 1 is 0.657 bits per heavy atom. The lowest BCUT2D eigenvalue weighted by atomic mass is 10.0. The van der Waals surface area contributed by atoms with Gasteiger partial charge in [0.2, 0.25) is 5.91 Å². The maximum atomic E-state index is 11.4. The predicted molar refractivity (Wildman–Crippen MR) is 149 cm³/mol. The Hall–Kier alpha value is -0.650. The van der Waals surface area contributed by atoms with Crippen LogP contribution in [0.2, 0.25) is 0 Å². The van der Waals surface area contributed by atoms with Crippen molar-refractivity contribution in [2.24, 2.45) is 0 Å². The third-order valence-electron chi connectivity index (χ3n) is 6.86. The maximum absolute atomic E-state index is 11.4. The molecule has 0 aliphatic rings. The molecule has 0 aliphatic carbocycles. The highest BCUT2D eigenvalue weighted by Crippen LogP contribution is 2.13. The largest absolute Gasteiger partial charge is 0.395 e. The van der Waals surface area contributed by atoms with E-state index in [1.54, 1.807) is 0 Å². The number of carbonyl (C=O) groups is 1. The summed E-state index contributed by atoms with van der Waals surface area (Å²) in [4.78, 5) is 11.4. The van der Waals surface area contributed by atoms with Crippen LogP contribution in [0.1, 0.15) is 155 Å². The minimum atomic E-state index is -0.184. The Bertz CT molecular complexity index is 419. The smallest absolute Gasteiger partial charge is 0.220 e. The van der Waals surface area contributed by atoms with Crippen LogP contribution in [-0.4, -0.2) is 48.6 Å². The first-order valence-corrected chi connectivity index (χ1v) is 15.3. The molecule has 0 spiro atoms. The van der Waals surface area contributed by atoms with E-state index in [0.717, 1.165) is 45.1 Å². The second kappa shape index (κ2) is 29.6. The minimum absolute atomic E-state index is 0.0179. The molecule has 0 aromatic rings. The van der Waals surface area contributed by atoms with Gasteiger partial charge in [0.05, 0.1) is 12.7 Å². The number of rotatable bonds is 29. The molecule has 210 valence electrons. The fraction of sp³-hybridized carbons (Fsp3) is 0.967. The van der Waals surface area contributed by atoms with Gasteiger partial charge in [-0.1, -0.05) is 122 Å². The zero-order valence-corrected chi connectivity index (χ0v) is 23.4. The molecule has 0 bridgehead atoms. The molecule has 0 saturated carbocycles. The van der Waals surface area contributed by atoms with E-state index >= 15 is 0 Å². The van der Waals surface area contributed by atoms with Crippen LogP contribution in [0.5, 0.6) is 0 Å². The summed E-state index contributed by atoms with van der Waals surface area (Å²) in [6.45, 7) is 4.19. The third kappa shape index (κ3) is 29.5. The van der Waals surface area contributed by atoms with Gasteiger partial charge in [-0.25, -0.2) is 0 Å². The van der Waals surface area contributed by atoms with Gasteiger partial charge in [0.15, 0.2) is 0 Å². The van der Waals surface area contributed by atoms with Crippen LogP contribution < -0.4 is 5.32 Å². The highest BCUT2D eigenvalue weighted by molar-refractivity contribution is 5.75. The van der Waals surface area contributed by atoms with Crippen LogP contribution in [0.3, 0.4) is 0 Å². The van der Waals surface area contributed by atoms with Crippen molar-refractivity contribution in [2.45, 2.75) is 161 Å². The molecule has 0 aromatic carbocycles. The molecule has 3 N–H and O–H groups in total. The zero-order valence-electron chi connectivity index (χ0n) is 23.4. The first kappa shape index (κ1) is 34.4. The van der Waals surface area contributed by atoms with Gasteiger partial charge in [0, 0.05) is 26.2 Å². The second-order valence-electron chi connectivity index (χ2n) is 10.4. The second-order valence-corrected chi connectivity index (χ2v) is 10.4. The van der Waals surface area contributed by atoms with Crippen LogP contribution in [0.15, 0.2) is 0 Å². The average Bonchev–Trinajstić information content (AvgIpc) is 2.86. The fourth-order valence-electron chi connectivity index (χ4n) is 4.52. The average molecular weight is 500 g/mol. The SMILES string of the molecule is CCCCCCCCCCC[C@@H](O)CCOCCCCCCCCCCCCCC(=O)NCCO. The monoisotopic (exact) mass is 499 g/mol. The lowest BCUT2D eigenvalue weighted by Gasteiger charge is -2.11. The number of amides is 1. The van der Waals surface area contributed by atoms with Gasteiger partial charge in [-0.3, -0.25) is 4.79 Å². The maximum Gasteiger partial charge on any atom is 0.220 e. The van der Waals surface area contributed by atoms with Crippen LogP contribution in [0, 0.1) is 0 Å². The van der Waals surface area contributed by atoms with E-state index in [2.05, 4.69) is 12.2 Å². The number of hydrogen-bond donors (Lipinski definition) is 3. The number of unbranched alkanes of at least 4 members (excludes halogenated alkanes) is 18. The normalized spacial score (nSPS) is 12.2. The van der Waals surface area contributed by atoms with E-state index in [4.69, 9.17) is 9.84 Å². The predicted octanol–water partition coefficient (Wildman–Crippen LogP) is 7.46. The van der Waals surface area contributed by atoms with Crippen LogP contribution in [-0.2, 0) is 9.53 Å². The van der Waals surface area contributed by atoms with Crippen molar-refractivity contribution in [2.75, 3.05) is 26.4 Å². The van der Waals surface area contributed by atoms with Gasteiger partial charge in [0.25, 0.3) is 0 Å². The molecular weight excluding hydrogens is 438 g/mol. The van der Waals surface area contributed by atoms with Gasteiger partial charge in [-0.2, -0.15) is 0 Å². The first-order valence-electron chi connectivity index (χ1n) is 15.3. The van der Waals surface area contributed by atoms with E-state index in [1.807, 2.05) is 0 Å². The van der Waals surface area contributed by atoms with Gasteiger partial charge < -0.3 is 20.3 Å². The molecule has 5 nitrogen and oxygen atoms in total. The fourth-order valence-corrected chi connectivity index (χ4v) is 4.52. The summed E-state index contributed by atoms with van der Waals surface area (Å²) in [5.74, 6) is 0.0615. The van der Waals surface area contributed by atoms with E-state index in [9.17, 15) is 9.90 Å². The summed E-state index contributed by atoms with van der Waals surface area (Å²) in [7, 11) is 0. The van der Waals surface area contributed by atoms with Gasteiger partial charge in [-0.05, 0) is 25.7 Å². The van der Waals surface area contributed by atoms with Gasteiger partial charge in [0.1, 0.15) is 0 Å². The van der Waals surface area contributed by atoms with Crippen LogP contribution in [0.25, 0.3) is 0 Å².